The van der Waals surface area contributed by atoms with Crippen molar-refractivity contribution in [3.8, 4) is 0 Å². The Kier molecular flexibility index (Phi) is 29.2. The summed E-state index contributed by atoms with van der Waals surface area (Å²) in [5.74, 6) is -0.969. The zero-order valence-electron chi connectivity index (χ0n) is 26.9. The summed E-state index contributed by atoms with van der Waals surface area (Å²) in [6.45, 7) is 14.0. The number of Topliss-reactive ketones (excluding diaryl/α,β-unsaturated/α-hetero) is 1. The number of carbonyl (C=O) groups is 4. The molecule has 15 heteroatoms. The smallest absolute Gasteiger partial charge is 0.243 e. The van der Waals surface area contributed by atoms with E-state index in [1.54, 1.807) is 6.92 Å². The summed E-state index contributed by atoms with van der Waals surface area (Å²) < 4.78 is 43.2. The zero-order valence-corrected chi connectivity index (χ0v) is 26.9. The first-order valence-corrected chi connectivity index (χ1v) is 15.2. The summed E-state index contributed by atoms with van der Waals surface area (Å²) in [7, 11) is 0. The van der Waals surface area contributed by atoms with Crippen LogP contribution in [0.15, 0.2) is 0 Å². The molecule has 0 fully saturated rings. The molecule has 0 spiro atoms. The van der Waals surface area contributed by atoms with Crippen molar-refractivity contribution >= 4 is 24.0 Å². The topological polar surface area (TPSA) is 178 Å². The summed E-state index contributed by atoms with van der Waals surface area (Å²) in [5, 5.41) is 7.83. The lowest BCUT2D eigenvalue weighted by molar-refractivity contribution is -0.132. The van der Waals surface area contributed by atoms with E-state index in [0.717, 1.165) is 0 Å². The van der Waals surface area contributed by atoms with Crippen LogP contribution in [0.3, 0.4) is 0 Å². The standard InChI is InChI=1S/C29H55N3O12/c1-24(2)28(29(36)31-25(3)26(4)34)32-27(35)5-7-37-9-11-39-13-15-41-17-19-43-21-22-44-20-18-42-16-14-40-12-10-38-8-6-30-23-33/h23-25,28H,5-22H2,1-4H3,(H,30,33)(H,31,36)(H,32,35). The Bertz CT molecular complexity index is 730. The molecule has 0 saturated carbocycles. The third kappa shape index (κ3) is 27.3. The Morgan fingerprint density at radius 2 is 0.932 bits per heavy atom. The van der Waals surface area contributed by atoms with E-state index in [4.69, 9.17) is 37.9 Å². The lowest BCUT2D eigenvalue weighted by atomic mass is 10.0. The number of hydrogen-bond acceptors (Lipinski definition) is 12. The van der Waals surface area contributed by atoms with Gasteiger partial charge in [-0.05, 0) is 19.8 Å². The van der Waals surface area contributed by atoms with Crippen molar-refractivity contribution in [3.63, 3.8) is 0 Å². The quantitative estimate of drug-likeness (QED) is 0.0621. The van der Waals surface area contributed by atoms with Crippen LogP contribution >= 0.6 is 0 Å². The van der Waals surface area contributed by atoms with Gasteiger partial charge in [0.25, 0.3) is 0 Å². The molecule has 258 valence electrons. The highest BCUT2D eigenvalue weighted by molar-refractivity contribution is 5.91. The van der Waals surface area contributed by atoms with Crippen LogP contribution in [-0.4, -0.2) is 148 Å². The van der Waals surface area contributed by atoms with Gasteiger partial charge in [0, 0.05) is 13.0 Å². The fourth-order valence-electron chi connectivity index (χ4n) is 3.18. The number of nitrogens with one attached hydrogen (secondary N) is 3. The van der Waals surface area contributed by atoms with E-state index >= 15 is 0 Å². The first-order valence-electron chi connectivity index (χ1n) is 15.2. The average molecular weight is 638 g/mol. The predicted molar refractivity (Wildman–Crippen MR) is 160 cm³/mol. The zero-order chi connectivity index (χ0) is 32.7. The molecule has 0 radical (unpaired) electrons. The molecule has 3 amide bonds. The molecule has 2 atom stereocenters. The Labute approximate surface area is 261 Å². The number of carbonyl (C=O) groups excluding carboxylic acids is 4. The van der Waals surface area contributed by atoms with E-state index in [1.807, 2.05) is 13.8 Å². The van der Waals surface area contributed by atoms with Gasteiger partial charge in [-0.2, -0.15) is 0 Å². The number of rotatable bonds is 33. The largest absolute Gasteiger partial charge is 0.379 e. The van der Waals surface area contributed by atoms with Gasteiger partial charge >= 0.3 is 0 Å². The van der Waals surface area contributed by atoms with Crippen LogP contribution in [0, 0.1) is 5.92 Å². The second-order valence-corrected chi connectivity index (χ2v) is 9.85. The minimum Gasteiger partial charge on any atom is -0.379 e. The van der Waals surface area contributed by atoms with Crippen LogP contribution in [0.1, 0.15) is 34.1 Å². The molecule has 44 heavy (non-hydrogen) atoms. The SMILES string of the molecule is CC(=O)C(C)NC(=O)C(NC(=O)CCOCCOCCOCCOCCOCCOCCOCCOCCNC=O)C(C)C. The Balaban J connectivity index is 3.41. The van der Waals surface area contributed by atoms with Crippen molar-refractivity contribution in [2.75, 3.05) is 112 Å². The van der Waals surface area contributed by atoms with Crippen molar-refractivity contribution in [1.29, 1.82) is 0 Å². The average Bonchev–Trinajstić information content (AvgIpc) is 2.99. The summed E-state index contributed by atoms with van der Waals surface area (Å²) in [4.78, 5) is 46.0. The van der Waals surface area contributed by atoms with E-state index in [1.165, 1.54) is 6.92 Å². The molecule has 0 aliphatic carbocycles. The van der Waals surface area contributed by atoms with E-state index in [0.29, 0.717) is 112 Å². The van der Waals surface area contributed by atoms with Gasteiger partial charge in [-0.15, -0.1) is 0 Å². The lowest BCUT2D eigenvalue weighted by Crippen LogP contribution is -2.52. The van der Waals surface area contributed by atoms with Crippen molar-refractivity contribution in [2.24, 2.45) is 5.92 Å². The van der Waals surface area contributed by atoms with E-state index in [-0.39, 0.29) is 36.5 Å². The van der Waals surface area contributed by atoms with Gasteiger partial charge in [-0.1, -0.05) is 13.8 Å². The Morgan fingerprint density at radius 3 is 1.27 bits per heavy atom. The molecular weight excluding hydrogens is 582 g/mol. The Morgan fingerprint density at radius 1 is 0.568 bits per heavy atom. The minimum absolute atomic E-state index is 0.109. The maximum atomic E-state index is 12.4. The van der Waals surface area contributed by atoms with Crippen LogP contribution in [0.25, 0.3) is 0 Å². The van der Waals surface area contributed by atoms with Gasteiger partial charge in [0.2, 0.25) is 18.2 Å². The summed E-state index contributed by atoms with van der Waals surface area (Å²) in [6, 6.07) is -1.33. The third-order valence-electron chi connectivity index (χ3n) is 5.79. The molecule has 2 unspecified atom stereocenters. The minimum atomic E-state index is -0.725. The van der Waals surface area contributed by atoms with Crippen molar-refractivity contribution in [1.82, 2.24) is 16.0 Å². The van der Waals surface area contributed by atoms with Gasteiger partial charge in [0.05, 0.1) is 112 Å². The fourth-order valence-corrected chi connectivity index (χ4v) is 3.18. The molecule has 0 aliphatic rings. The maximum absolute atomic E-state index is 12.4. The molecule has 0 heterocycles. The first-order chi connectivity index (χ1) is 21.3. The van der Waals surface area contributed by atoms with Crippen molar-refractivity contribution < 1.29 is 57.1 Å². The number of ketones is 1. The Hall–Kier alpha value is -2.24. The van der Waals surface area contributed by atoms with Crippen molar-refractivity contribution in [3.05, 3.63) is 0 Å². The fraction of sp³-hybridized carbons (Fsp3) is 0.862. The van der Waals surface area contributed by atoms with E-state index < -0.39 is 12.1 Å². The second-order valence-electron chi connectivity index (χ2n) is 9.85. The summed E-state index contributed by atoms with van der Waals surface area (Å²) in [5.41, 5.74) is 0. The lowest BCUT2D eigenvalue weighted by Gasteiger charge is -2.23. The normalized spacial score (nSPS) is 12.6. The number of hydrogen-bond donors (Lipinski definition) is 3. The second kappa shape index (κ2) is 30.8. The summed E-state index contributed by atoms with van der Waals surface area (Å²) >= 11 is 0. The molecule has 0 saturated heterocycles. The van der Waals surface area contributed by atoms with Crippen LogP contribution in [0.5, 0.6) is 0 Å². The van der Waals surface area contributed by atoms with Gasteiger partial charge in [0.1, 0.15) is 6.04 Å². The highest BCUT2D eigenvalue weighted by Crippen LogP contribution is 2.03. The highest BCUT2D eigenvalue weighted by Gasteiger charge is 2.25. The molecule has 0 aromatic heterocycles. The van der Waals surface area contributed by atoms with Crippen molar-refractivity contribution in [2.45, 2.75) is 46.2 Å². The van der Waals surface area contributed by atoms with Crippen LogP contribution in [-0.2, 0) is 57.1 Å². The van der Waals surface area contributed by atoms with Crippen LogP contribution in [0.4, 0.5) is 0 Å². The highest BCUT2D eigenvalue weighted by atomic mass is 16.6. The molecule has 0 aliphatic heterocycles. The summed E-state index contributed by atoms with van der Waals surface area (Å²) in [6.07, 6.45) is 0.745. The first kappa shape index (κ1) is 41.8. The number of ether oxygens (including phenoxy) is 8. The van der Waals surface area contributed by atoms with Crippen LogP contribution < -0.4 is 16.0 Å². The van der Waals surface area contributed by atoms with Gasteiger partial charge in [-0.25, -0.2) is 0 Å². The molecule has 0 rings (SSSR count). The van der Waals surface area contributed by atoms with Crippen LogP contribution in [0.2, 0.25) is 0 Å². The molecule has 0 aromatic carbocycles. The monoisotopic (exact) mass is 637 g/mol. The molecule has 0 bridgehead atoms. The van der Waals surface area contributed by atoms with E-state index in [9.17, 15) is 19.2 Å². The van der Waals surface area contributed by atoms with Gasteiger partial charge < -0.3 is 53.8 Å². The van der Waals surface area contributed by atoms with Gasteiger partial charge in [0.15, 0.2) is 5.78 Å². The predicted octanol–water partition coefficient (Wildman–Crippen LogP) is -0.510. The number of amides is 3. The van der Waals surface area contributed by atoms with Gasteiger partial charge in [-0.3, -0.25) is 19.2 Å². The third-order valence-corrected chi connectivity index (χ3v) is 5.79. The molecule has 3 N–H and O–H groups in total. The molecular formula is C29H55N3O12. The maximum Gasteiger partial charge on any atom is 0.243 e. The molecule has 15 nitrogen and oxygen atoms in total. The van der Waals surface area contributed by atoms with E-state index in [2.05, 4.69) is 16.0 Å². The molecule has 0 aromatic rings.